The molecule has 2 aromatic carbocycles. The van der Waals surface area contributed by atoms with Gasteiger partial charge in [0.15, 0.2) is 5.13 Å². The summed E-state index contributed by atoms with van der Waals surface area (Å²) in [7, 11) is 1.62. The maximum atomic E-state index is 12.6. The van der Waals surface area contributed by atoms with E-state index >= 15 is 0 Å². The lowest BCUT2D eigenvalue weighted by molar-refractivity contribution is -0.116. The second kappa shape index (κ2) is 6.42. The SMILES string of the molecule is COc1ccc2nc(NC(=O)c3ccc4c(c3)CCN4C(C)=O)sc2c1. The van der Waals surface area contributed by atoms with Crippen LogP contribution in [-0.4, -0.2) is 30.5 Å². The molecule has 0 unspecified atom stereocenters. The highest BCUT2D eigenvalue weighted by molar-refractivity contribution is 7.22. The molecule has 6 nitrogen and oxygen atoms in total. The second-order valence-electron chi connectivity index (χ2n) is 6.07. The third-order valence-corrected chi connectivity index (χ3v) is 5.37. The standard InChI is InChI=1S/C19H17N3O3S/c1-11(23)22-8-7-12-9-13(3-6-16(12)22)18(24)21-19-20-15-5-4-14(25-2)10-17(15)26-19/h3-6,9-10H,7-8H2,1-2H3,(H,20,21,24). The summed E-state index contributed by atoms with van der Waals surface area (Å²) in [5.41, 5.74) is 3.28. The molecule has 1 aromatic heterocycles. The predicted molar refractivity (Wildman–Crippen MR) is 102 cm³/mol. The molecule has 7 heteroatoms. The number of benzene rings is 2. The minimum absolute atomic E-state index is 0.0193. The third kappa shape index (κ3) is 2.90. The third-order valence-electron chi connectivity index (χ3n) is 4.43. The molecule has 3 aromatic rings. The molecule has 2 amide bonds. The fourth-order valence-electron chi connectivity index (χ4n) is 3.12. The van der Waals surface area contributed by atoms with Crippen LogP contribution in [0, 0.1) is 0 Å². The first-order valence-electron chi connectivity index (χ1n) is 8.22. The summed E-state index contributed by atoms with van der Waals surface area (Å²) in [5, 5.41) is 3.40. The van der Waals surface area contributed by atoms with Crippen LogP contribution in [-0.2, 0) is 11.2 Å². The van der Waals surface area contributed by atoms with Gasteiger partial charge in [-0.3, -0.25) is 14.9 Å². The van der Waals surface area contributed by atoms with Crippen LogP contribution in [0.25, 0.3) is 10.2 Å². The zero-order valence-electron chi connectivity index (χ0n) is 14.4. The maximum Gasteiger partial charge on any atom is 0.257 e. The number of carbonyl (C=O) groups is 2. The van der Waals surface area contributed by atoms with Crippen molar-refractivity contribution in [1.29, 1.82) is 0 Å². The number of hydrogen-bond donors (Lipinski definition) is 1. The zero-order chi connectivity index (χ0) is 18.3. The lowest BCUT2D eigenvalue weighted by Crippen LogP contribution is -2.25. The topological polar surface area (TPSA) is 71.5 Å². The number of aromatic nitrogens is 1. The van der Waals surface area contributed by atoms with E-state index in [1.807, 2.05) is 30.3 Å². The minimum Gasteiger partial charge on any atom is -0.497 e. The van der Waals surface area contributed by atoms with E-state index in [2.05, 4.69) is 10.3 Å². The maximum absolute atomic E-state index is 12.6. The molecule has 4 rings (SSSR count). The van der Waals surface area contributed by atoms with E-state index < -0.39 is 0 Å². The number of anilines is 2. The smallest absolute Gasteiger partial charge is 0.257 e. The molecule has 132 valence electrons. The van der Waals surface area contributed by atoms with Crippen LogP contribution in [0.3, 0.4) is 0 Å². The molecule has 0 radical (unpaired) electrons. The van der Waals surface area contributed by atoms with Gasteiger partial charge in [0.05, 0.1) is 17.3 Å². The summed E-state index contributed by atoms with van der Waals surface area (Å²) >= 11 is 1.40. The van der Waals surface area contributed by atoms with Crippen molar-refractivity contribution < 1.29 is 14.3 Å². The zero-order valence-corrected chi connectivity index (χ0v) is 15.2. The number of methoxy groups -OCH3 is 1. The Morgan fingerprint density at radius 1 is 1.23 bits per heavy atom. The van der Waals surface area contributed by atoms with Crippen LogP contribution in [0.5, 0.6) is 5.75 Å². The molecule has 0 spiro atoms. The van der Waals surface area contributed by atoms with Gasteiger partial charge in [-0.1, -0.05) is 11.3 Å². The summed E-state index contributed by atoms with van der Waals surface area (Å²) in [6.07, 6.45) is 0.761. The number of hydrogen-bond acceptors (Lipinski definition) is 5. The van der Waals surface area contributed by atoms with Crippen LogP contribution < -0.4 is 15.0 Å². The summed E-state index contributed by atoms with van der Waals surface area (Å²) in [6, 6.07) is 11.0. The number of rotatable bonds is 3. The molecule has 0 aliphatic carbocycles. The molecule has 0 saturated carbocycles. The number of amides is 2. The van der Waals surface area contributed by atoms with Crippen molar-refractivity contribution in [1.82, 2.24) is 4.98 Å². The molecule has 0 fully saturated rings. The second-order valence-corrected chi connectivity index (χ2v) is 7.10. The molecule has 26 heavy (non-hydrogen) atoms. The number of ether oxygens (including phenoxy) is 1. The van der Waals surface area contributed by atoms with E-state index in [1.165, 1.54) is 11.3 Å². The summed E-state index contributed by atoms with van der Waals surface area (Å²) in [5.74, 6) is 0.568. The van der Waals surface area contributed by atoms with Crippen molar-refractivity contribution in [2.45, 2.75) is 13.3 Å². The molecule has 1 aliphatic heterocycles. The predicted octanol–water partition coefficient (Wildman–Crippen LogP) is 3.47. The fraction of sp³-hybridized carbons (Fsp3) is 0.211. The van der Waals surface area contributed by atoms with Crippen LogP contribution in [0.2, 0.25) is 0 Å². The van der Waals surface area contributed by atoms with Gasteiger partial charge in [-0.25, -0.2) is 4.98 Å². The van der Waals surface area contributed by atoms with E-state index in [4.69, 9.17) is 4.74 Å². The molecule has 0 saturated heterocycles. The van der Waals surface area contributed by atoms with Gasteiger partial charge in [0.2, 0.25) is 5.91 Å². The lowest BCUT2D eigenvalue weighted by Gasteiger charge is -2.14. The van der Waals surface area contributed by atoms with Crippen molar-refractivity contribution in [3.05, 3.63) is 47.5 Å². The average molecular weight is 367 g/mol. The van der Waals surface area contributed by atoms with Crippen molar-refractivity contribution in [2.24, 2.45) is 0 Å². The average Bonchev–Trinajstić information content (AvgIpc) is 3.23. The van der Waals surface area contributed by atoms with Crippen LogP contribution >= 0.6 is 11.3 Å². The van der Waals surface area contributed by atoms with Gasteiger partial charge in [0.1, 0.15) is 5.75 Å². The fourth-order valence-corrected chi connectivity index (χ4v) is 4.01. The molecule has 1 N–H and O–H groups in total. The van der Waals surface area contributed by atoms with Gasteiger partial charge in [-0.05, 0) is 48.4 Å². The Balaban J connectivity index is 1.56. The van der Waals surface area contributed by atoms with Crippen molar-refractivity contribution in [3.8, 4) is 5.75 Å². The van der Waals surface area contributed by atoms with Gasteiger partial charge in [0.25, 0.3) is 5.91 Å². The van der Waals surface area contributed by atoms with Crippen LogP contribution in [0.15, 0.2) is 36.4 Å². The van der Waals surface area contributed by atoms with Gasteiger partial charge in [0, 0.05) is 24.7 Å². The van der Waals surface area contributed by atoms with Crippen molar-refractivity contribution in [2.75, 3.05) is 23.9 Å². The highest BCUT2D eigenvalue weighted by Crippen LogP contribution is 2.31. The first-order valence-corrected chi connectivity index (χ1v) is 9.04. The van der Waals surface area contributed by atoms with Gasteiger partial charge < -0.3 is 9.64 Å². The number of carbonyl (C=O) groups excluding carboxylic acids is 2. The summed E-state index contributed by atoms with van der Waals surface area (Å²) < 4.78 is 6.16. The van der Waals surface area contributed by atoms with Crippen molar-refractivity contribution in [3.63, 3.8) is 0 Å². The Hall–Kier alpha value is -2.93. The highest BCUT2D eigenvalue weighted by atomic mass is 32.1. The molecular formula is C19H17N3O3S. The number of nitrogens with zero attached hydrogens (tertiary/aromatic N) is 2. The van der Waals surface area contributed by atoms with Crippen molar-refractivity contribution >= 4 is 44.2 Å². The van der Waals surface area contributed by atoms with E-state index in [-0.39, 0.29) is 11.8 Å². The Labute approximate surface area is 154 Å². The molecule has 0 bridgehead atoms. The van der Waals surface area contributed by atoms with E-state index in [1.54, 1.807) is 25.0 Å². The first-order chi connectivity index (χ1) is 12.5. The molecule has 2 heterocycles. The highest BCUT2D eigenvalue weighted by Gasteiger charge is 2.23. The van der Waals surface area contributed by atoms with Gasteiger partial charge >= 0.3 is 0 Å². The molecule has 1 aliphatic rings. The summed E-state index contributed by atoms with van der Waals surface area (Å²) in [6.45, 7) is 2.22. The van der Waals surface area contributed by atoms with Gasteiger partial charge in [-0.2, -0.15) is 0 Å². The van der Waals surface area contributed by atoms with Crippen LogP contribution in [0.4, 0.5) is 10.8 Å². The number of thiazole rings is 1. The Morgan fingerprint density at radius 3 is 2.85 bits per heavy atom. The monoisotopic (exact) mass is 367 g/mol. The number of fused-ring (bicyclic) bond motifs is 2. The minimum atomic E-state index is -0.208. The molecule has 0 atom stereocenters. The van der Waals surface area contributed by atoms with E-state index in [9.17, 15) is 9.59 Å². The lowest BCUT2D eigenvalue weighted by atomic mass is 10.1. The molecular weight excluding hydrogens is 350 g/mol. The van der Waals surface area contributed by atoms with Crippen LogP contribution in [0.1, 0.15) is 22.8 Å². The first kappa shape index (κ1) is 16.5. The Kier molecular flexibility index (Phi) is 4.08. The Bertz CT molecular complexity index is 1030. The largest absolute Gasteiger partial charge is 0.497 e. The Morgan fingerprint density at radius 2 is 2.08 bits per heavy atom. The number of nitrogens with one attached hydrogen (secondary N) is 1. The van der Waals surface area contributed by atoms with Gasteiger partial charge in [-0.15, -0.1) is 0 Å². The normalized spacial score (nSPS) is 12.9. The quantitative estimate of drug-likeness (QED) is 0.769. The van der Waals surface area contributed by atoms with E-state index in [0.717, 1.165) is 33.6 Å². The summed E-state index contributed by atoms with van der Waals surface area (Å²) in [4.78, 5) is 30.4. The van der Waals surface area contributed by atoms with E-state index in [0.29, 0.717) is 17.2 Å².